The van der Waals surface area contributed by atoms with E-state index in [0.29, 0.717) is 24.7 Å². The molecule has 1 fully saturated rings. The van der Waals surface area contributed by atoms with Gasteiger partial charge in [-0.25, -0.2) is 9.97 Å². The molecule has 3 aromatic rings. The van der Waals surface area contributed by atoms with Crippen molar-refractivity contribution in [1.29, 1.82) is 0 Å². The summed E-state index contributed by atoms with van der Waals surface area (Å²) >= 11 is 0. The third-order valence-electron chi connectivity index (χ3n) is 4.90. The molecule has 1 saturated heterocycles. The smallest absolute Gasteiger partial charge is 0.251 e. The van der Waals surface area contributed by atoms with Crippen LogP contribution in [0.25, 0.3) is 11.5 Å². The number of carbonyl (C=O) groups is 1. The van der Waals surface area contributed by atoms with Gasteiger partial charge in [-0.1, -0.05) is 30.3 Å². The minimum atomic E-state index is 0.0599. The molecule has 0 bridgehead atoms. The topological polar surface area (TPSA) is 85.0 Å². The van der Waals surface area contributed by atoms with Crippen LogP contribution in [0.15, 0.2) is 47.3 Å². The number of likely N-dealkylation sites (tertiary alicyclic amines) is 1. The summed E-state index contributed by atoms with van der Waals surface area (Å²) in [5.74, 6) is 1.20. The van der Waals surface area contributed by atoms with Crippen molar-refractivity contribution < 1.29 is 9.21 Å². The van der Waals surface area contributed by atoms with Gasteiger partial charge in [0.25, 0.3) is 5.89 Å². The zero-order chi connectivity index (χ0) is 18.6. The predicted octanol–water partition coefficient (Wildman–Crippen LogP) is 2.78. The highest BCUT2D eigenvalue weighted by molar-refractivity contribution is 5.79. The fourth-order valence-corrected chi connectivity index (χ4v) is 3.40. The maximum Gasteiger partial charge on any atom is 0.251 e. The van der Waals surface area contributed by atoms with Gasteiger partial charge >= 0.3 is 0 Å². The summed E-state index contributed by atoms with van der Waals surface area (Å²) in [5, 5.41) is 8.38. The Morgan fingerprint density at radius 2 is 2.11 bits per heavy atom. The molecule has 0 aliphatic carbocycles. The van der Waals surface area contributed by atoms with Crippen LogP contribution in [0.5, 0.6) is 0 Å². The summed E-state index contributed by atoms with van der Waals surface area (Å²) < 4.78 is 5.90. The monoisotopic (exact) mass is 363 g/mol. The van der Waals surface area contributed by atoms with Crippen molar-refractivity contribution in [3.05, 3.63) is 60.0 Å². The molecular formula is C20H21N5O2. The van der Waals surface area contributed by atoms with Crippen molar-refractivity contribution in [2.45, 2.75) is 32.1 Å². The highest BCUT2D eigenvalue weighted by atomic mass is 16.4. The lowest BCUT2D eigenvalue weighted by atomic mass is 9.97. The van der Waals surface area contributed by atoms with E-state index in [9.17, 15) is 4.79 Å². The molecule has 1 aromatic carbocycles. The maximum absolute atomic E-state index is 12.7. The molecule has 0 radical (unpaired) electrons. The molecule has 3 heterocycles. The van der Waals surface area contributed by atoms with E-state index in [0.717, 1.165) is 36.2 Å². The number of nitrogens with zero attached hydrogens (tertiary/aromatic N) is 5. The van der Waals surface area contributed by atoms with Gasteiger partial charge in [-0.3, -0.25) is 4.79 Å². The van der Waals surface area contributed by atoms with Gasteiger partial charge in [0, 0.05) is 19.3 Å². The number of rotatable bonds is 4. The second kappa shape index (κ2) is 7.65. The first kappa shape index (κ1) is 17.3. The zero-order valence-electron chi connectivity index (χ0n) is 15.2. The molecule has 1 aliphatic heterocycles. The van der Waals surface area contributed by atoms with Gasteiger partial charge in [0.1, 0.15) is 6.33 Å². The van der Waals surface area contributed by atoms with Gasteiger partial charge in [0.15, 0.2) is 0 Å². The molecular weight excluding hydrogens is 342 g/mol. The van der Waals surface area contributed by atoms with Crippen molar-refractivity contribution in [3.8, 4) is 11.5 Å². The van der Waals surface area contributed by atoms with Crippen molar-refractivity contribution in [2.24, 2.45) is 0 Å². The maximum atomic E-state index is 12.7. The summed E-state index contributed by atoms with van der Waals surface area (Å²) in [6.45, 7) is 3.26. The van der Waals surface area contributed by atoms with E-state index in [2.05, 4.69) is 20.2 Å². The van der Waals surface area contributed by atoms with Crippen LogP contribution in [-0.2, 0) is 11.2 Å². The summed E-state index contributed by atoms with van der Waals surface area (Å²) in [7, 11) is 0. The summed E-state index contributed by atoms with van der Waals surface area (Å²) in [5.41, 5.74) is 2.57. The highest BCUT2D eigenvalue weighted by Crippen LogP contribution is 2.29. The first-order chi connectivity index (χ1) is 13.2. The van der Waals surface area contributed by atoms with E-state index in [1.54, 1.807) is 6.20 Å². The molecule has 0 unspecified atom stereocenters. The Balaban J connectivity index is 1.46. The van der Waals surface area contributed by atoms with Crippen LogP contribution < -0.4 is 0 Å². The lowest BCUT2D eigenvalue weighted by Gasteiger charge is -2.31. The third kappa shape index (κ3) is 3.86. The largest absolute Gasteiger partial charge is 0.420 e. The number of piperidine rings is 1. The molecule has 1 amide bonds. The number of hydrogen-bond acceptors (Lipinski definition) is 6. The van der Waals surface area contributed by atoms with Crippen molar-refractivity contribution in [2.75, 3.05) is 13.1 Å². The fourth-order valence-electron chi connectivity index (χ4n) is 3.40. The lowest BCUT2D eigenvalue weighted by Crippen LogP contribution is -2.40. The zero-order valence-corrected chi connectivity index (χ0v) is 15.2. The molecule has 0 spiro atoms. The van der Waals surface area contributed by atoms with Gasteiger partial charge in [-0.15, -0.1) is 10.2 Å². The molecule has 1 aliphatic rings. The van der Waals surface area contributed by atoms with E-state index < -0.39 is 0 Å². The second-order valence-electron chi connectivity index (χ2n) is 6.81. The minimum Gasteiger partial charge on any atom is -0.420 e. The van der Waals surface area contributed by atoms with Gasteiger partial charge in [-0.05, 0) is 25.3 Å². The first-order valence-electron chi connectivity index (χ1n) is 9.13. The Hall–Kier alpha value is -3.09. The normalized spacial score (nSPS) is 17.1. The lowest BCUT2D eigenvalue weighted by molar-refractivity contribution is -0.131. The highest BCUT2D eigenvalue weighted by Gasteiger charge is 2.28. The Bertz CT molecular complexity index is 925. The SMILES string of the molecule is Cc1ncncc1-c1nnc([C@@H]2CCCN(C(=O)Cc3ccccc3)C2)o1. The molecule has 0 N–H and O–H groups in total. The first-order valence-corrected chi connectivity index (χ1v) is 9.13. The number of aromatic nitrogens is 4. The van der Waals surface area contributed by atoms with Crippen LogP contribution >= 0.6 is 0 Å². The van der Waals surface area contributed by atoms with Crippen molar-refractivity contribution >= 4 is 5.91 Å². The van der Waals surface area contributed by atoms with Gasteiger partial charge in [0.05, 0.1) is 23.6 Å². The number of amides is 1. The van der Waals surface area contributed by atoms with Gasteiger partial charge in [-0.2, -0.15) is 0 Å². The number of carbonyl (C=O) groups excluding carboxylic acids is 1. The standard InChI is InChI=1S/C20H21N5O2/c1-14-17(11-21-13-22-14)20-24-23-19(27-20)16-8-5-9-25(12-16)18(26)10-15-6-3-2-4-7-15/h2-4,6-7,11,13,16H,5,8-10,12H2,1H3/t16-/m1/s1. The van der Waals surface area contributed by atoms with Crippen LogP contribution in [-0.4, -0.2) is 44.1 Å². The molecule has 138 valence electrons. The van der Waals surface area contributed by atoms with Crippen LogP contribution in [0, 0.1) is 6.92 Å². The average Bonchev–Trinajstić information content (AvgIpc) is 3.19. The van der Waals surface area contributed by atoms with Crippen LogP contribution in [0.2, 0.25) is 0 Å². The molecule has 7 nitrogen and oxygen atoms in total. The van der Waals surface area contributed by atoms with Crippen LogP contribution in [0.1, 0.15) is 35.9 Å². The van der Waals surface area contributed by atoms with Crippen molar-refractivity contribution in [1.82, 2.24) is 25.1 Å². The molecule has 1 atom stereocenters. The second-order valence-corrected chi connectivity index (χ2v) is 6.81. The van der Waals surface area contributed by atoms with Crippen LogP contribution in [0.4, 0.5) is 0 Å². The quantitative estimate of drug-likeness (QED) is 0.709. The average molecular weight is 363 g/mol. The van der Waals surface area contributed by atoms with Gasteiger partial charge < -0.3 is 9.32 Å². The Morgan fingerprint density at radius 1 is 1.26 bits per heavy atom. The van der Waals surface area contributed by atoms with Gasteiger partial charge in [0.2, 0.25) is 11.8 Å². The Labute approximate surface area is 157 Å². The fraction of sp³-hybridized carbons (Fsp3) is 0.350. The molecule has 0 saturated carbocycles. The molecule has 2 aromatic heterocycles. The minimum absolute atomic E-state index is 0.0599. The molecule has 7 heteroatoms. The summed E-state index contributed by atoms with van der Waals surface area (Å²) in [4.78, 5) is 22.8. The number of benzene rings is 1. The molecule has 4 rings (SSSR count). The third-order valence-corrected chi connectivity index (χ3v) is 4.90. The van der Waals surface area contributed by atoms with E-state index in [4.69, 9.17) is 4.42 Å². The van der Waals surface area contributed by atoms with E-state index in [1.165, 1.54) is 6.33 Å². The van der Waals surface area contributed by atoms with Crippen LogP contribution in [0.3, 0.4) is 0 Å². The predicted molar refractivity (Wildman–Crippen MR) is 98.8 cm³/mol. The summed E-state index contributed by atoms with van der Waals surface area (Å²) in [6.07, 6.45) is 5.45. The number of hydrogen-bond donors (Lipinski definition) is 0. The Kier molecular flexibility index (Phi) is 4.91. The molecule has 27 heavy (non-hydrogen) atoms. The Morgan fingerprint density at radius 3 is 2.93 bits per heavy atom. The van der Waals surface area contributed by atoms with E-state index in [-0.39, 0.29) is 11.8 Å². The summed E-state index contributed by atoms with van der Waals surface area (Å²) in [6, 6.07) is 9.83. The van der Waals surface area contributed by atoms with E-state index in [1.807, 2.05) is 42.2 Å². The van der Waals surface area contributed by atoms with E-state index >= 15 is 0 Å². The number of aryl methyl sites for hydroxylation is 1. The van der Waals surface area contributed by atoms with Crippen molar-refractivity contribution in [3.63, 3.8) is 0 Å².